The number of rotatable bonds is 5. The summed E-state index contributed by atoms with van der Waals surface area (Å²) in [5.41, 5.74) is 3.84. The maximum atomic E-state index is 11.4. The molecule has 6 nitrogen and oxygen atoms in total. The molecule has 1 aliphatic rings. The van der Waals surface area contributed by atoms with Crippen LogP contribution in [0.15, 0.2) is 48.5 Å². The van der Waals surface area contributed by atoms with E-state index in [1.807, 2.05) is 12.1 Å². The van der Waals surface area contributed by atoms with Crippen molar-refractivity contribution in [2.75, 3.05) is 25.1 Å². The predicted molar refractivity (Wildman–Crippen MR) is 97.0 cm³/mol. The van der Waals surface area contributed by atoms with Crippen molar-refractivity contribution in [1.82, 2.24) is 5.43 Å². The Labute approximate surface area is 147 Å². The average molecular weight is 341 g/mol. The maximum Gasteiger partial charge on any atom is 0.265 e. The molecule has 1 amide bonds. The average Bonchev–Trinajstić information content (AvgIpc) is 2.68. The summed E-state index contributed by atoms with van der Waals surface area (Å²) in [5, 5.41) is 0. The first kappa shape index (κ1) is 17.1. The molecule has 1 heterocycles. The molecule has 3 rings (SSSR count). The van der Waals surface area contributed by atoms with E-state index in [2.05, 4.69) is 22.5 Å². The smallest absolute Gasteiger partial charge is 0.265 e. The first-order chi connectivity index (χ1) is 12.2. The highest BCUT2D eigenvalue weighted by Gasteiger charge is 2.21. The van der Waals surface area contributed by atoms with Crippen molar-refractivity contribution in [2.24, 2.45) is 5.84 Å². The maximum absolute atomic E-state index is 11.4. The Bertz CT molecular complexity index is 693. The number of nitrogen functional groups attached to an aromatic ring is 1. The second-order valence-corrected chi connectivity index (χ2v) is 6.00. The number of nitrogens with one attached hydrogen (secondary N) is 1. The normalized spacial score (nSPS) is 14.9. The molecule has 25 heavy (non-hydrogen) atoms. The lowest BCUT2D eigenvalue weighted by Crippen LogP contribution is -2.38. The number of hydrazine groups is 1. The van der Waals surface area contributed by atoms with Crippen molar-refractivity contribution >= 4 is 11.6 Å². The van der Waals surface area contributed by atoms with Gasteiger partial charge in [0.1, 0.15) is 17.6 Å². The number of anilines is 1. The highest BCUT2D eigenvalue weighted by Crippen LogP contribution is 2.25. The third-order valence-corrected chi connectivity index (χ3v) is 4.43. The largest absolute Gasteiger partial charge is 0.497 e. The second-order valence-electron chi connectivity index (χ2n) is 6.00. The SMILES string of the molecule is COc1ccc(N2CCC(Oc3ccc(C(=O)NN)cc3)CC2)cc1. The minimum atomic E-state index is -0.306. The number of methoxy groups -OCH3 is 1. The van der Waals surface area contributed by atoms with E-state index in [0.29, 0.717) is 5.56 Å². The van der Waals surface area contributed by atoms with Crippen LogP contribution in [-0.2, 0) is 0 Å². The standard InChI is InChI=1S/C19H23N3O3/c1-24-16-8-4-15(5-9-16)22-12-10-18(11-13-22)25-17-6-2-14(3-7-17)19(23)21-20/h2-9,18H,10-13,20H2,1H3,(H,21,23). The van der Waals surface area contributed by atoms with Crippen LogP contribution >= 0.6 is 0 Å². The van der Waals surface area contributed by atoms with E-state index in [4.69, 9.17) is 15.3 Å². The molecule has 0 spiro atoms. The number of amides is 1. The summed E-state index contributed by atoms with van der Waals surface area (Å²) in [5.74, 6) is 6.46. The van der Waals surface area contributed by atoms with Gasteiger partial charge in [0, 0.05) is 37.2 Å². The number of nitrogens with zero attached hydrogens (tertiary/aromatic N) is 1. The molecule has 0 radical (unpaired) electrons. The Balaban J connectivity index is 1.52. The van der Waals surface area contributed by atoms with E-state index in [1.165, 1.54) is 5.69 Å². The van der Waals surface area contributed by atoms with Crippen LogP contribution in [0.4, 0.5) is 5.69 Å². The minimum Gasteiger partial charge on any atom is -0.497 e. The van der Waals surface area contributed by atoms with Gasteiger partial charge in [-0.25, -0.2) is 5.84 Å². The van der Waals surface area contributed by atoms with Gasteiger partial charge in [-0.05, 0) is 48.5 Å². The molecule has 6 heteroatoms. The number of ether oxygens (including phenoxy) is 2. The van der Waals surface area contributed by atoms with Gasteiger partial charge in [-0.1, -0.05) is 0 Å². The molecule has 0 saturated carbocycles. The molecule has 132 valence electrons. The van der Waals surface area contributed by atoms with Crippen LogP contribution in [0.5, 0.6) is 11.5 Å². The highest BCUT2D eigenvalue weighted by atomic mass is 16.5. The lowest BCUT2D eigenvalue weighted by atomic mass is 10.1. The van der Waals surface area contributed by atoms with E-state index in [9.17, 15) is 4.79 Å². The van der Waals surface area contributed by atoms with Gasteiger partial charge in [-0.2, -0.15) is 0 Å². The van der Waals surface area contributed by atoms with Gasteiger partial charge in [-0.3, -0.25) is 10.2 Å². The Kier molecular flexibility index (Phi) is 5.40. The van der Waals surface area contributed by atoms with Crippen molar-refractivity contribution in [3.8, 4) is 11.5 Å². The number of carbonyl (C=O) groups excluding carboxylic acids is 1. The first-order valence-electron chi connectivity index (χ1n) is 8.36. The molecule has 3 N–H and O–H groups in total. The van der Waals surface area contributed by atoms with Crippen LogP contribution in [0.2, 0.25) is 0 Å². The van der Waals surface area contributed by atoms with Gasteiger partial charge in [0.15, 0.2) is 0 Å². The van der Waals surface area contributed by atoms with Crippen LogP contribution in [0, 0.1) is 0 Å². The Morgan fingerprint density at radius 3 is 2.20 bits per heavy atom. The zero-order valence-electron chi connectivity index (χ0n) is 14.3. The summed E-state index contributed by atoms with van der Waals surface area (Å²) >= 11 is 0. The molecule has 1 aliphatic heterocycles. The summed E-state index contributed by atoms with van der Waals surface area (Å²) in [4.78, 5) is 13.8. The van der Waals surface area contributed by atoms with Crippen LogP contribution in [0.3, 0.4) is 0 Å². The lowest BCUT2D eigenvalue weighted by Gasteiger charge is -2.33. The number of benzene rings is 2. The Hall–Kier alpha value is -2.73. The molecule has 0 bridgehead atoms. The second kappa shape index (κ2) is 7.90. The monoisotopic (exact) mass is 341 g/mol. The Morgan fingerprint density at radius 1 is 1.04 bits per heavy atom. The first-order valence-corrected chi connectivity index (χ1v) is 8.36. The van der Waals surface area contributed by atoms with Crippen molar-refractivity contribution in [3.63, 3.8) is 0 Å². The van der Waals surface area contributed by atoms with Gasteiger partial charge in [0.05, 0.1) is 7.11 Å². The van der Waals surface area contributed by atoms with Gasteiger partial charge >= 0.3 is 0 Å². The fourth-order valence-electron chi connectivity index (χ4n) is 2.99. The van der Waals surface area contributed by atoms with E-state index in [1.54, 1.807) is 31.4 Å². The van der Waals surface area contributed by atoms with E-state index in [0.717, 1.165) is 37.4 Å². The number of nitrogens with two attached hydrogens (primary N) is 1. The number of hydrogen-bond acceptors (Lipinski definition) is 5. The topological polar surface area (TPSA) is 76.8 Å². The van der Waals surface area contributed by atoms with Crippen molar-refractivity contribution in [2.45, 2.75) is 18.9 Å². The van der Waals surface area contributed by atoms with Gasteiger partial charge in [0.2, 0.25) is 0 Å². The van der Waals surface area contributed by atoms with E-state index >= 15 is 0 Å². The van der Waals surface area contributed by atoms with Crippen LogP contribution in [0.1, 0.15) is 23.2 Å². The Morgan fingerprint density at radius 2 is 1.64 bits per heavy atom. The quantitative estimate of drug-likeness (QED) is 0.496. The summed E-state index contributed by atoms with van der Waals surface area (Å²) in [6, 6.07) is 15.2. The molecule has 0 aromatic heterocycles. The molecule has 0 atom stereocenters. The summed E-state index contributed by atoms with van der Waals surface area (Å²) in [7, 11) is 1.67. The van der Waals surface area contributed by atoms with Crippen LogP contribution < -0.4 is 25.6 Å². The predicted octanol–water partition coefficient (Wildman–Crippen LogP) is 2.35. The molecule has 1 saturated heterocycles. The molecule has 0 unspecified atom stereocenters. The fourth-order valence-corrected chi connectivity index (χ4v) is 2.99. The van der Waals surface area contributed by atoms with Crippen molar-refractivity contribution < 1.29 is 14.3 Å². The van der Waals surface area contributed by atoms with Crippen molar-refractivity contribution in [3.05, 3.63) is 54.1 Å². The van der Waals surface area contributed by atoms with Gasteiger partial charge in [-0.15, -0.1) is 0 Å². The molecular formula is C19H23N3O3. The molecule has 2 aromatic carbocycles. The minimum absolute atomic E-state index is 0.184. The zero-order chi connectivity index (χ0) is 17.6. The van der Waals surface area contributed by atoms with E-state index in [-0.39, 0.29) is 12.0 Å². The third kappa shape index (κ3) is 4.22. The lowest BCUT2D eigenvalue weighted by molar-refractivity contribution is 0.0953. The summed E-state index contributed by atoms with van der Waals surface area (Å²) < 4.78 is 11.2. The van der Waals surface area contributed by atoms with Gasteiger partial charge < -0.3 is 14.4 Å². The highest BCUT2D eigenvalue weighted by molar-refractivity contribution is 5.93. The summed E-state index contributed by atoms with van der Waals surface area (Å²) in [6.45, 7) is 1.90. The molecule has 0 aliphatic carbocycles. The van der Waals surface area contributed by atoms with Crippen LogP contribution in [-0.4, -0.2) is 32.2 Å². The van der Waals surface area contributed by atoms with Crippen LogP contribution in [0.25, 0.3) is 0 Å². The number of piperidine rings is 1. The third-order valence-electron chi connectivity index (χ3n) is 4.43. The van der Waals surface area contributed by atoms with E-state index < -0.39 is 0 Å². The number of hydrogen-bond donors (Lipinski definition) is 2. The molecule has 2 aromatic rings. The molecular weight excluding hydrogens is 318 g/mol. The zero-order valence-corrected chi connectivity index (χ0v) is 14.3. The summed E-state index contributed by atoms with van der Waals surface area (Å²) in [6.07, 6.45) is 2.09. The number of carbonyl (C=O) groups is 1. The van der Waals surface area contributed by atoms with Crippen molar-refractivity contribution in [1.29, 1.82) is 0 Å². The fraction of sp³-hybridized carbons (Fsp3) is 0.316. The molecule has 1 fully saturated rings. The van der Waals surface area contributed by atoms with Gasteiger partial charge in [0.25, 0.3) is 5.91 Å².